The van der Waals surface area contributed by atoms with Crippen LogP contribution >= 0.6 is 0 Å². The zero-order chi connectivity index (χ0) is 19.5. The number of ketones is 1. The van der Waals surface area contributed by atoms with Crippen LogP contribution < -0.4 is 9.47 Å². The molecule has 1 saturated carbocycles. The summed E-state index contributed by atoms with van der Waals surface area (Å²) in [6.45, 7) is 1.33. The Morgan fingerprint density at radius 3 is 2.54 bits per heavy atom. The Morgan fingerprint density at radius 2 is 1.79 bits per heavy atom. The van der Waals surface area contributed by atoms with Gasteiger partial charge in [-0.2, -0.15) is 0 Å². The largest absolute Gasteiger partial charge is 0.486 e. The first-order valence-electron chi connectivity index (χ1n) is 9.57. The highest BCUT2D eigenvalue weighted by atomic mass is 19.1. The number of carbonyl (C=O) groups is 2. The average molecular weight is 383 g/mol. The molecule has 2 aromatic rings. The summed E-state index contributed by atoms with van der Waals surface area (Å²) in [5, 5.41) is 0. The average Bonchev–Trinajstić information content (AvgIpc) is 3.55. The van der Waals surface area contributed by atoms with Crippen LogP contribution in [0.5, 0.6) is 11.5 Å². The summed E-state index contributed by atoms with van der Waals surface area (Å²) in [7, 11) is 0. The fourth-order valence-electron chi connectivity index (χ4n) is 3.36. The van der Waals surface area contributed by atoms with E-state index in [-0.39, 0.29) is 36.4 Å². The van der Waals surface area contributed by atoms with Crippen LogP contribution in [0.3, 0.4) is 0 Å². The van der Waals surface area contributed by atoms with Gasteiger partial charge in [0, 0.05) is 31.0 Å². The number of nitrogens with zero attached hydrogens (tertiary/aromatic N) is 1. The predicted molar refractivity (Wildman–Crippen MR) is 101 cm³/mol. The SMILES string of the molecule is O=C(CCC(=O)N(Cc1cccc(F)c1)C1CC1)c1ccc2c(c1)OCCO2. The monoisotopic (exact) mass is 383 g/mol. The van der Waals surface area contributed by atoms with Gasteiger partial charge in [0.25, 0.3) is 0 Å². The Morgan fingerprint density at radius 1 is 1.00 bits per heavy atom. The topological polar surface area (TPSA) is 55.8 Å². The molecule has 4 rings (SSSR count). The lowest BCUT2D eigenvalue weighted by molar-refractivity contribution is -0.132. The lowest BCUT2D eigenvalue weighted by Gasteiger charge is -2.22. The molecule has 0 bridgehead atoms. The van der Waals surface area contributed by atoms with E-state index >= 15 is 0 Å². The third-order valence-electron chi connectivity index (χ3n) is 4.98. The number of amides is 1. The minimum atomic E-state index is -0.311. The van der Waals surface area contributed by atoms with Crippen LogP contribution in [0.15, 0.2) is 42.5 Å². The molecule has 1 amide bonds. The molecule has 0 saturated heterocycles. The van der Waals surface area contributed by atoms with Gasteiger partial charge in [-0.15, -0.1) is 0 Å². The second-order valence-corrected chi connectivity index (χ2v) is 7.16. The molecule has 2 aliphatic rings. The first-order valence-corrected chi connectivity index (χ1v) is 9.57. The Balaban J connectivity index is 1.37. The summed E-state index contributed by atoms with van der Waals surface area (Å²) in [6.07, 6.45) is 2.18. The van der Waals surface area contributed by atoms with Gasteiger partial charge in [0.15, 0.2) is 17.3 Å². The molecule has 1 fully saturated rings. The standard InChI is InChI=1S/C22H22FNO4/c23-17-3-1-2-15(12-17)14-24(18-5-6-18)22(26)9-7-19(25)16-4-8-20-21(13-16)28-11-10-27-20/h1-4,8,12-13,18H,5-7,9-11,14H2. The molecule has 146 valence electrons. The lowest BCUT2D eigenvalue weighted by Crippen LogP contribution is -2.32. The molecule has 1 aliphatic carbocycles. The molecule has 0 N–H and O–H groups in total. The van der Waals surface area contributed by atoms with Crippen molar-refractivity contribution in [1.82, 2.24) is 4.90 Å². The van der Waals surface area contributed by atoms with Gasteiger partial charge in [0.1, 0.15) is 19.0 Å². The van der Waals surface area contributed by atoms with Gasteiger partial charge in [-0.05, 0) is 48.7 Å². The summed E-state index contributed by atoms with van der Waals surface area (Å²) >= 11 is 0. The summed E-state index contributed by atoms with van der Waals surface area (Å²) in [5.41, 5.74) is 1.28. The molecule has 0 radical (unpaired) electrons. The van der Waals surface area contributed by atoms with Crippen molar-refractivity contribution in [2.24, 2.45) is 0 Å². The molecule has 2 aromatic carbocycles. The Bertz CT molecular complexity index is 894. The molecular weight excluding hydrogens is 361 g/mol. The van der Waals surface area contributed by atoms with Gasteiger partial charge in [-0.25, -0.2) is 4.39 Å². The molecule has 1 aliphatic heterocycles. The first kappa shape index (κ1) is 18.5. The second-order valence-electron chi connectivity index (χ2n) is 7.16. The van der Waals surface area contributed by atoms with Crippen molar-refractivity contribution in [3.05, 3.63) is 59.4 Å². The maximum Gasteiger partial charge on any atom is 0.223 e. The number of fused-ring (bicyclic) bond motifs is 1. The highest BCUT2D eigenvalue weighted by Crippen LogP contribution is 2.32. The number of ether oxygens (including phenoxy) is 2. The van der Waals surface area contributed by atoms with E-state index < -0.39 is 0 Å². The van der Waals surface area contributed by atoms with Crippen LogP contribution in [0, 0.1) is 5.82 Å². The number of hydrogen-bond acceptors (Lipinski definition) is 4. The van der Waals surface area contributed by atoms with E-state index in [9.17, 15) is 14.0 Å². The van der Waals surface area contributed by atoms with E-state index in [4.69, 9.17) is 9.47 Å². The third kappa shape index (κ3) is 4.32. The van der Waals surface area contributed by atoms with E-state index in [1.807, 2.05) is 6.07 Å². The molecule has 0 atom stereocenters. The van der Waals surface area contributed by atoms with Gasteiger partial charge in [-0.1, -0.05) is 12.1 Å². The quantitative estimate of drug-likeness (QED) is 0.684. The van der Waals surface area contributed by atoms with Crippen LogP contribution in [0.25, 0.3) is 0 Å². The number of carbonyl (C=O) groups excluding carboxylic acids is 2. The second kappa shape index (κ2) is 8.00. The summed E-state index contributed by atoms with van der Waals surface area (Å²) in [4.78, 5) is 27.0. The molecule has 28 heavy (non-hydrogen) atoms. The van der Waals surface area contributed by atoms with Crippen LogP contribution in [0.2, 0.25) is 0 Å². The summed E-state index contributed by atoms with van der Waals surface area (Å²) in [6, 6.07) is 11.6. The van der Waals surface area contributed by atoms with Gasteiger partial charge >= 0.3 is 0 Å². The zero-order valence-corrected chi connectivity index (χ0v) is 15.5. The summed E-state index contributed by atoms with van der Waals surface area (Å²) in [5.74, 6) is 0.710. The zero-order valence-electron chi connectivity index (χ0n) is 15.5. The van der Waals surface area contributed by atoms with Crippen molar-refractivity contribution < 1.29 is 23.5 Å². The van der Waals surface area contributed by atoms with E-state index in [1.54, 1.807) is 29.2 Å². The predicted octanol–water partition coefficient (Wildman–Crippen LogP) is 3.75. The van der Waals surface area contributed by atoms with Crippen LogP contribution in [0.4, 0.5) is 4.39 Å². The van der Waals surface area contributed by atoms with Gasteiger partial charge in [0.05, 0.1) is 0 Å². The third-order valence-corrected chi connectivity index (χ3v) is 4.98. The molecule has 0 unspecified atom stereocenters. The fourth-order valence-corrected chi connectivity index (χ4v) is 3.36. The van der Waals surface area contributed by atoms with Crippen molar-refractivity contribution in [3.8, 4) is 11.5 Å². The molecular formula is C22H22FNO4. The fraction of sp³-hybridized carbons (Fsp3) is 0.364. The Hall–Kier alpha value is -2.89. The number of benzene rings is 2. The van der Waals surface area contributed by atoms with Gasteiger partial charge in [-0.3, -0.25) is 9.59 Å². The lowest BCUT2D eigenvalue weighted by atomic mass is 10.0. The molecule has 0 spiro atoms. The first-order chi connectivity index (χ1) is 13.6. The smallest absolute Gasteiger partial charge is 0.223 e. The number of Topliss-reactive ketones (excluding diaryl/α,β-unsaturated/α-hetero) is 1. The summed E-state index contributed by atoms with van der Waals surface area (Å²) < 4.78 is 24.4. The van der Waals surface area contributed by atoms with E-state index in [1.165, 1.54) is 12.1 Å². The van der Waals surface area contributed by atoms with Crippen molar-refractivity contribution >= 4 is 11.7 Å². The molecule has 6 heteroatoms. The van der Waals surface area contributed by atoms with Gasteiger partial charge < -0.3 is 14.4 Å². The van der Waals surface area contributed by atoms with E-state index in [0.29, 0.717) is 36.8 Å². The highest BCUT2D eigenvalue weighted by Gasteiger charge is 2.32. The molecule has 1 heterocycles. The van der Waals surface area contributed by atoms with Crippen LogP contribution in [-0.2, 0) is 11.3 Å². The highest BCUT2D eigenvalue weighted by molar-refractivity contribution is 5.98. The minimum absolute atomic E-state index is 0.0716. The molecule has 0 aromatic heterocycles. The normalized spacial score (nSPS) is 15.2. The molecule has 5 nitrogen and oxygen atoms in total. The van der Waals surface area contributed by atoms with Crippen molar-refractivity contribution in [1.29, 1.82) is 0 Å². The Labute approximate surface area is 163 Å². The van der Waals surface area contributed by atoms with Crippen LogP contribution in [0.1, 0.15) is 41.6 Å². The number of hydrogen-bond donors (Lipinski definition) is 0. The number of halogens is 1. The Kier molecular flexibility index (Phi) is 5.28. The maximum absolute atomic E-state index is 13.4. The van der Waals surface area contributed by atoms with Crippen molar-refractivity contribution in [2.75, 3.05) is 13.2 Å². The van der Waals surface area contributed by atoms with E-state index in [2.05, 4.69) is 0 Å². The minimum Gasteiger partial charge on any atom is -0.486 e. The van der Waals surface area contributed by atoms with Crippen LogP contribution in [-0.4, -0.2) is 35.8 Å². The van der Waals surface area contributed by atoms with Crippen molar-refractivity contribution in [3.63, 3.8) is 0 Å². The van der Waals surface area contributed by atoms with Crippen molar-refractivity contribution in [2.45, 2.75) is 38.3 Å². The van der Waals surface area contributed by atoms with E-state index in [0.717, 1.165) is 18.4 Å². The van der Waals surface area contributed by atoms with Gasteiger partial charge in [0.2, 0.25) is 5.91 Å². The maximum atomic E-state index is 13.4. The number of rotatable bonds is 7.